The number of benzene rings is 1. The van der Waals surface area contributed by atoms with E-state index in [2.05, 4.69) is 42.8 Å². The molecule has 0 saturated carbocycles. The molecule has 1 aromatic carbocycles. The minimum atomic E-state index is 0.0390. The SMILES string of the molecule is Cc1c(NC(C)C(C)C)cccc1C(=O)NCCC1CCCNC1. The van der Waals surface area contributed by atoms with Crippen molar-refractivity contribution in [3.8, 4) is 0 Å². The second-order valence-electron chi connectivity index (χ2n) is 7.41. The van der Waals surface area contributed by atoms with Crippen molar-refractivity contribution in [3.05, 3.63) is 29.3 Å². The van der Waals surface area contributed by atoms with E-state index < -0.39 is 0 Å². The summed E-state index contributed by atoms with van der Waals surface area (Å²) in [5.41, 5.74) is 2.86. The summed E-state index contributed by atoms with van der Waals surface area (Å²) < 4.78 is 0. The van der Waals surface area contributed by atoms with Crippen LogP contribution in [0.3, 0.4) is 0 Å². The van der Waals surface area contributed by atoms with Gasteiger partial charge in [0.05, 0.1) is 0 Å². The molecule has 0 spiro atoms. The van der Waals surface area contributed by atoms with Gasteiger partial charge in [-0.3, -0.25) is 4.79 Å². The Morgan fingerprint density at radius 1 is 1.33 bits per heavy atom. The lowest BCUT2D eigenvalue weighted by atomic mass is 9.96. The van der Waals surface area contributed by atoms with Crippen LogP contribution in [0.15, 0.2) is 18.2 Å². The Labute approximate surface area is 146 Å². The second kappa shape index (κ2) is 9.07. The average Bonchev–Trinajstić information content (AvgIpc) is 2.57. The first-order valence-corrected chi connectivity index (χ1v) is 9.34. The van der Waals surface area contributed by atoms with Crippen molar-refractivity contribution in [2.75, 3.05) is 25.0 Å². The molecule has 1 heterocycles. The standard InChI is InChI=1S/C20H33N3O/c1-14(2)16(4)23-19-9-5-8-18(15(19)3)20(24)22-12-10-17-7-6-11-21-13-17/h5,8-9,14,16-17,21,23H,6-7,10-13H2,1-4H3,(H,22,24). The van der Waals surface area contributed by atoms with E-state index in [0.717, 1.165) is 42.9 Å². The zero-order chi connectivity index (χ0) is 17.5. The van der Waals surface area contributed by atoms with Crippen molar-refractivity contribution in [1.29, 1.82) is 0 Å². The van der Waals surface area contributed by atoms with Gasteiger partial charge in [-0.15, -0.1) is 0 Å². The van der Waals surface area contributed by atoms with Crippen molar-refractivity contribution in [2.24, 2.45) is 11.8 Å². The zero-order valence-corrected chi connectivity index (χ0v) is 15.6. The quantitative estimate of drug-likeness (QED) is 0.716. The molecular weight excluding hydrogens is 298 g/mol. The van der Waals surface area contributed by atoms with Crippen molar-refractivity contribution >= 4 is 11.6 Å². The van der Waals surface area contributed by atoms with Gasteiger partial charge in [-0.05, 0) is 75.7 Å². The van der Waals surface area contributed by atoms with E-state index >= 15 is 0 Å². The van der Waals surface area contributed by atoms with Gasteiger partial charge in [0.2, 0.25) is 0 Å². The van der Waals surface area contributed by atoms with Crippen LogP contribution in [0, 0.1) is 18.8 Å². The number of carbonyl (C=O) groups is 1. The van der Waals surface area contributed by atoms with Crippen molar-refractivity contribution in [3.63, 3.8) is 0 Å². The summed E-state index contributed by atoms with van der Waals surface area (Å²) in [6, 6.07) is 6.31. The van der Waals surface area contributed by atoms with Gasteiger partial charge in [-0.2, -0.15) is 0 Å². The Hall–Kier alpha value is -1.55. The highest BCUT2D eigenvalue weighted by Crippen LogP contribution is 2.21. The highest BCUT2D eigenvalue weighted by molar-refractivity contribution is 5.97. The van der Waals surface area contributed by atoms with E-state index in [1.807, 2.05) is 19.1 Å². The molecule has 0 radical (unpaired) electrons. The maximum absolute atomic E-state index is 12.5. The molecular formula is C20H33N3O. The van der Waals surface area contributed by atoms with Crippen LogP contribution in [-0.4, -0.2) is 31.6 Å². The molecule has 2 unspecified atom stereocenters. The van der Waals surface area contributed by atoms with Crippen LogP contribution in [0.2, 0.25) is 0 Å². The molecule has 2 rings (SSSR count). The van der Waals surface area contributed by atoms with Crippen LogP contribution in [0.1, 0.15) is 56.0 Å². The van der Waals surface area contributed by atoms with E-state index in [1.54, 1.807) is 0 Å². The third-order valence-electron chi connectivity index (χ3n) is 5.20. The van der Waals surface area contributed by atoms with E-state index in [4.69, 9.17) is 0 Å². The minimum absolute atomic E-state index is 0.0390. The number of rotatable bonds is 7. The largest absolute Gasteiger partial charge is 0.382 e. The Balaban J connectivity index is 1.91. The number of piperidine rings is 1. The number of hydrogen-bond donors (Lipinski definition) is 3. The molecule has 3 N–H and O–H groups in total. The zero-order valence-electron chi connectivity index (χ0n) is 15.6. The number of amides is 1. The topological polar surface area (TPSA) is 53.2 Å². The van der Waals surface area contributed by atoms with Gasteiger partial charge in [-0.25, -0.2) is 0 Å². The Bertz CT molecular complexity index is 536. The van der Waals surface area contributed by atoms with Gasteiger partial charge in [0.25, 0.3) is 5.91 Å². The number of nitrogens with one attached hydrogen (secondary N) is 3. The lowest BCUT2D eigenvalue weighted by Gasteiger charge is -2.23. The molecule has 1 aromatic rings. The third-order valence-corrected chi connectivity index (χ3v) is 5.20. The molecule has 1 saturated heterocycles. The van der Waals surface area contributed by atoms with Gasteiger partial charge >= 0.3 is 0 Å². The molecule has 134 valence electrons. The van der Waals surface area contributed by atoms with Crippen LogP contribution in [0.25, 0.3) is 0 Å². The van der Waals surface area contributed by atoms with Gasteiger partial charge in [-0.1, -0.05) is 19.9 Å². The summed E-state index contributed by atoms with van der Waals surface area (Å²) in [6.07, 6.45) is 3.58. The fourth-order valence-electron chi connectivity index (χ4n) is 3.11. The fourth-order valence-corrected chi connectivity index (χ4v) is 3.11. The lowest BCUT2D eigenvalue weighted by molar-refractivity contribution is 0.0950. The molecule has 1 aliphatic heterocycles. The van der Waals surface area contributed by atoms with Crippen molar-refractivity contribution < 1.29 is 4.79 Å². The van der Waals surface area contributed by atoms with E-state index in [-0.39, 0.29) is 5.91 Å². The van der Waals surface area contributed by atoms with Gasteiger partial charge in [0, 0.05) is 23.8 Å². The van der Waals surface area contributed by atoms with E-state index in [9.17, 15) is 4.79 Å². The first-order valence-electron chi connectivity index (χ1n) is 9.34. The monoisotopic (exact) mass is 331 g/mol. The summed E-state index contributed by atoms with van der Waals surface area (Å²) in [6.45, 7) is 11.6. The molecule has 0 aromatic heterocycles. The van der Waals surface area contributed by atoms with Crippen molar-refractivity contribution in [2.45, 2.75) is 53.0 Å². The smallest absolute Gasteiger partial charge is 0.251 e. The van der Waals surface area contributed by atoms with Crippen LogP contribution < -0.4 is 16.0 Å². The fraction of sp³-hybridized carbons (Fsp3) is 0.650. The summed E-state index contributed by atoms with van der Waals surface area (Å²) in [5, 5.41) is 10.0. The molecule has 24 heavy (non-hydrogen) atoms. The van der Waals surface area contributed by atoms with Crippen molar-refractivity contribution in [1.82, 2.24) is 10.6 Å². The van der Waals surface area contributed by atoms with Crippen LogP contribution in [0.4, 0.5) is 5.69 Å². The predicted molar refractivity (Wildman–Crippen MR) is 102 cm³/mol. The van der Waals surface area contributed by atoms with E-state index in [0.29, 0.717) is 17.9 Å². The number of carbonyl (C=O) groups excluding carboxylic acids is 1. The Kier molecular flexibility index (Phi) is 7.10. The molecule has 1 fully saturated rings. The predicted octanol–water partition coefficient (Wildman–Crippen LogP) is 3.57. The summed E-state index contributed by atoms with van der Waals surface area (Å²) in [7, 11) is 0. The molecule has 4 nitrogen and oxygen atoms in total. The first kappa shape index (κ1) is 18.8. The Morgan fingerprint density at radius 2 is 2.12 bits per heavy atom. The number of hydrogen-bond acceptors (Lipinski definition) is 3. The van der Waals surface area contributed by atoms with E-state index in [1.165, 1.54) is 12.8 Å². The first-order chi connectivity index (χ1) is 11.5. The highest BCUT2D eigenvalue weighted by Gasteiger charge is 2.16. The Morgan fingerprint density at radius 3 is 2.79 bits per heavy atom. The third kappa shape index (κ3) is 5.23. The van der Waals surface area contributed by atoms with Gasteiger partial charge in [0.1, 0.15) is 0 Å². The molecule has 0 aliphatic carbocycles. The summed E-state index contributed by atoms with van der Waals surface area (Å²) in [4.78, 5) is 12.5. The van der Waals surface area contributed by atoms with Crippen LogP contribution in [-0.2, 0) is 0 Å². The maximum atomic E-state index is 12.5. The maximum Gasteiger partial charge on any atom is 0.251 e. The van der Waals surface area contributed by atoms with Gasteiger partial charge in [0.15, 0.2) is 0 Å². The molecule has 2 atom stereocenters. The van der Waals surface area contributed by atoms with Crippen LogP contribution >= 0.6 is 0 Å². The highest BCUT2D eigenvalue weighted by atomic mass is 16.1. The van der Waals surface area contributed by atoms with Gasteiger partial charge < -0.3 is 16.0 Å². The molecule has 4 heteroatoms. The normalized spacial score (nSPS) is 19.1. The summed E-state index contributed by atoms with van der Waals surface area (Å²) in [5.74, 6) is 1.28. The summed E-state index contributed by atoms with van der Waals surface area (Å²) >= 11 is 0. The molecule has 0 bridgehead atoms. The average molecular weight is 332 g/mol. The van der Waals surface area contributed by atoms with Crippen LogP contribution in [0.5, 0.6) is 0 Å². The molecule has 1 amide bonds. The second-order valence-corrected chi connectivity index (χ2v) is 7.41. The molecule has 1 aliphatic rings. The number of anilines is 1. The lowest BCUT2D eigenvalue weighted by Crippen LogP contribution is -2.33. The minimum Gasteiger partial charge on any atom is -0.382 e.